The van der Waals surface area contributed by atoms with Gasteiger partial charge in [0.1, 0.15) is 11.6 Å². The number of aromatic nitrogens is 1. The summed E-state index contributed by atoms with van der Waals surface area (Å²) in [7, 11) is 0. The number of nitrogens with zero attached hydrogens (tertiary/aromatic N) is 3. The van der Waals surface area contributed by atoms with E-state index in [1.807, 2.05) is 6.07 Å². The van der Waals surface area contributed by atoms with E-state index in [9.17, 15) is 10.1 Å². The van der Waals surface area contributed by atoms with E-state index < -0.39 is 4.92 Å². The van der Waals surface area contributed by atoms with E-state index in [2.05, 4.69) is 17.2 Å². The van der Waals surface area contributed by atoms with Crippen LogP contribution in [0.4, 0.5) is 11.5 Å². The maximum absolute atomic E-state index is 11.0. The Balaban J connectivity index is 2.27. The SMILES string of the molecule is CC1CCC(Nc2nccc(C#N)c2[N+](=O)[O-])C1. The van der Waals surface area contributed by atoms with Gasteiger partial charge < -0.3 is 5.32 Å². The van der Waals surface area contributed by atoms with Crippen LogP contribution in [0.25, 0.3) is 0 Å². The third-order valence-corrected chi connectivity index (χ3v) is 3.26. The Morgan fingerprint density at radius 3 is 2.94 bits per heavy atom. The lowest BCUT2D eigenvalue weighted by Crippen LogP contribution is -2.17. The van der Waals surface area contributed by atoms with Crippen molar-refractivity contribution < 1.29 is 4.92 Å². The van der Waals surface area contributed by atoms with E-state index in [-0.39, 0.29) is 23.1 Å². The molecule has 1 saturated carbocycles. The molecule has 0 aliphatic heterocycles. The molecule has 0 radical (unpaired) electrons. The summed E-state index contributed by atoms with van der Waals surface area (Å²) in [4.78, 5) is 14.5. The molecule has 2 unspecified atom stereocenters. The summed E-state index contributed by atoms with van der Waals surface area (Å²) in [5.41, 5.74) is -0.178. The molecule has 0 saturated heterocycles. The Bertz CT molecular complexity index is 509. The van der Waals surface area contributed by atoms with Crippen molar-refractivity contribution in [2.45, 2.75) is 32.2 Å². The molecule has 1 aromatic rings. The monoisotopic (exact) mass is 246 g/mol. The predicted molar refractivity (Wildman–Crippen MR) is 66.0 cm³/mol. The van der Waals surface area contributed by atoms with Gasteiger partial charge in [0, 0.05) is 12.2 Å². The topological polar surface area (TPSA) is 91.8 Å². The van der Waals surface area contributed by atoms with Crippen LogP contribution in [-0.2, 0) is 0 Å². The van der Waals surface area contributed by atoms with Crippen LogP contribution in [0.3, 0.4) is 0 Å². The second-order valence-corrected chi connectivity index (χ2v) is 4.68. The summed E-state index contributed by atoms with van der Waals surface area (Å²) in [6.07, 6.45) is 4.50. The third-order valence-electron chi connectivity index (χ3n) is 3.26. The van der Waals surface area contributed by atoms with E-state index in [0.29, 0.717) is 5.92 Å². The summed E-state index contributed by atoms with van der Waals surface area (Å²) in [6.45, 7) is 2.16. The Morgan fingerprint density at radius 2 is 2.39 bits per heavy atom. The van der Waals surface area contributed by atoms with Gasteiger partial charge in [0.15, 0.2) is 0 Å². The fraction of sp³-hybridized carbons (Fsp3) is 0.500. The van der Waals surface area contributed by atoms with Crippen molar-refractivity contribution in [1.82, 2.24) is 4.98 Å². The molecule has 1 aliphatic carbocycles. The van der Waals surface area contributed by atoms with Gasteiger partial charge in [-0.3, -0.25) is 10.1 Å². The first-order chi connectivity index (χ1) is 8.61. The molecule has 0 bridgehead atoms. The zero-order valence-electron chi connectivity index (χ0n) is 10.1. The van der Waals surface area contributed by atoms with Crippen molar-refractivity contribution in [2.24, 2.45) is 5.92 Å². The normalized spacial score (nSPS) is 22.4. The highest BCUT2D eigenvalue weighted by atomic mass is 16.6. The first-order valence-corrected chi connectivity index (χ1v) is 5.92. The highest BCUT2D eigenvalue weighted by Gasteiger charge is 2.26. The summed E-state index contributed by atoms with van der Waals surface area (Å²) in [5.74, 6) is 0.832. The minimum Gasteiger partial charge on any atom is -0.362 e. The van der Waals surface area contributed by atoms with Crippen LogP contribution in [0.2, 0.25) is 0 Å². The summed E-state index contributed by atoms with van der Waals surface area (Å²) in [6, 6.07) is 3.40. The molecule has 1 aromatic heterocycles. The number of nitro groups is 1. The van der Waals surface area contributed by atoms with Crippen LogP contribution >= 0.6 is 0 Å². The number of hydrogen-bond acceptors (Lipinski definition) is 5. The average molecular weight is 246 g/mol. The maximum atomic E-state index is 11.0. The van der Waals surface area contributed by atoms with Gasteiger partial charge in [0.25, 0.3) is 0 Å². The van der Waals surface area contributed by atoms with Crippen molar-refractivity contribution >= 4 is 11.5 Å². The Kier molecular flexibility index (Phi) is 3.42. The molecular formula is C12H14N4O2. The second-order valence-electron chi connectivity index (χ2n) is 4.68. The van der Waals surface area contributed by atoms with Crippen LogP contribution in [0.5, 0.6) is 0 Å². The van der Waals surface area contributed by atoms with Crippen molar-refractivity contribution in [3.63, 3.8) is 0 Å². The number of rotatable bonds is 3. The first kappa shape index (κ1) is 12.3. The molecular weight excluding hydrogens is 232 g/mol. The first-order valence-electron chi connectivity index (χ1n) is 5.92. The lowest BCUT2D eigenvalue weighted by Gasteiger charge is -2.13. The number of nitriles is 1. The van der Waals surface area contributed by atoms with Crippen molar-refractivity contribution in [3.8, 4) is 6.07 Å². The fourth-order valence-electron chi connectivity index (χ4n) is 2.37. The van der Waals surface area contributed by atoms with Crippen LogP contribution in [0, 0.1) is 27.4 Å². The van der Waals surface area contributed by atoms with E-state index in [0.717, 1.165) is 19.3 Å². The molecule has 1 fully saturated rings. The van der Waals surface area contributed by atoms with Crippen molar-refractivity contribution in [1.29, 1.82) is 5.26 Å². The second kappa shape index (κ2) is 5.00. The molecule has 0 aromatic carbocycles. The maximum Gasteiger partial charge on any atom is 0.328 e. The van der Waals surface area contributed by atoms with Crippen LogP contribution in [0.1, 0.15) is 31.7 Å². The average Bonchev–Trinajstić information content (AvgIpc) is 2.74. The van der Waals surface area contributed by atoms with Gasteiger partial charge in [-0.2, -0.15) is 5.26 Å². The van der Waals surface area contributed by atoms with Crippen molar-refractivity contribution in [3.05, 3.63) is 27.9 Å². The molecule has 2 atom stereocenters. The summed E-state index contributed by atoms with van der Waals surface area (Å²) in [5, 5.41) is 23.0. The smallest absolute Gasteiger partial charge is 0.328 e. The molecule has 1 N–H and O–H groups in total. The van der Waals surface area contributed by atoms with E-state index in [1.165, 1.54) is 12.3 Å². The van der Waals surface area contributed by atoms with Gasteiger partial charge in [0.2, 0.25) is 5.82 Å². The number of hydrogen-bond donors (Lipinski definition) is 1. The highest BCUT2D eigenvalue weighted by Crippen LogP contribution is 2.31. The number of anilines is 1. The molecule has 0 spiro atoms. The van der Waals surface area contributed by atoms with Crippen LogP contribution < -0.4 is 5.32 Å². The van der Waals surface area contributed by atoms with Gasteiger partial charge in [-0.15, -0.1) is 0 Å². The molecule has 0 amide bonds. The Hall–Kier alpha value is -2.16. The quantitative estimate of drug-likeness (QED) is 0.653. The predicted octanol–water partition coefficient (Wildman–Crippen LogP) is 2.46. The van der Waals surface area contributed by atoms with Crippen molar-refractivity contribution in [2.75, 3.05) is 5.32 Å². The zero-order chi connectivity index (χ0) is 13.1. The van der Waals surface area contributed by atoms with Crippen LogP contribution in [-0.4, -0.2) is 15.9 Å². The van der Waals surface area contributed by atoms with E-state index in [4.69, 9.17) is 5.26 Å². The lowest BCUT2D eigenvalue weighted by molar-refractivity contribution is -0.384. The zero-order valence-corrected chi connectivity index (χ0v) is 10.1. The summed E-state index contributed by atoms with van der Waals surface area (Å²) < 4.78 is 0. The third kappa shape index (κ3) is 2.40. The van der Waals surface area contributed by atoms with Gasteiger partial charge in [-0.25, -0.2) is 4.98 Å². The molecule has 1 heterocycles. The van der Waals surface area contributed by atoms with Gasteiger partial charge in [-0.05, 0) is 31.2 Å². The largest absolute Gasteiger partial charge is 0.362 e. The fourth-order valence-corrected chi connectivity index (χ4v) is 2.37. The lowest BCUT2D eigenvalue weighted by atomic mass is 10.1. The highest BCUT2D eigenvalue weighted by molar-refractivity contribution is 5.64. The molecule has 2 rings (SSSR count). The minimum absolute atomic E-state index is 0.0449. The molecule has 6 nitrogen and oxygen atoms in total. The van der Waals surface area contributed by atoms with Gasteiger partial charge >= 0.3 is 5.69 Å². The number of pyridine rings is 1. The molecule has 6 heteroatoms. The number of nitrogens with one attached hydrogen (secondary N) is 1. The molecule has 94 valence electrons. The Labute approximate surface area is 105 Å². The standard InChI is InChI=1S/C12H14N4O2/c1-8-2-3-10(6-8)15-12-11(16(17)18)9(7-13)4-5-14-12/h4-5,8,10H,2-3,6H2,1H3,(H,14,15). The van der Waals surface area contributed by atoms with Gasteiger partial charge in [-0.1, -0.05) is 6.92 Å². The Morgan fingerprint density at radius 1 is 1.61 bits per heavy atom. The van der Waals surface area contributed by atoms with Crippen LogP contribution in [0.15, 0.2) is 12.3 Å². The van der Waals surface area contributed by atoms with E-state index in [1.54, 1.807) is 0 Å². The molecule has 1 aliphatic rings. The van der Waals surface area contributed by atoms with E-state index >= 15 is 0 Å². The van der Waals surface area contributed by atoms with Gasteiger partial charge in [0.05, 0.1) is 4.92 Å². The summed E-state index contributed by atoms with van der Waals surface area (Å²) >= 11 is 0. The minimum atomic E-state index is -0.549. The molecule has 18 heavy (non-hydrogen) atoms.